The zero-order valence-corrected chi connectivity index (χ0v) is 14.3. The van der Waals surface area contributed by atoms with Crippen molar-refractivity contribution < 1.29 is 19.4 Å². The third-order valence-electron chi connectivity index (χ3n) is 3.53. The van der Waals surface area contributed by atoms with Crippen molar-refractivity contribution in [3.8, 4) is 5.75 Å². The number of benzene rings is 1. The molecule has 2 aromatic rings. The number of nitrogens with one attached hydrogen (secondary N) is 1. The number of nitrogens with zero attached hydrogens (tertiary/aromatic N) is 2. The number of ether oxygens (including phenoxy) is 1. The minimum Gasteiger partial charge on any atom is -0.481 e. The molecule has 8 heteroatoms. The number of rotatable bonds is 7. The fourth-order valence-corrected chi connectivity index (χ4v) is 2.14. The second-order valence-electron chi connectivity index (χ2n) is 5.36. The van der Waals surface area contributed by atoms with Crippen molar-refractivity contribution in [3.63, 3.8) is 0 Å². The van der Waals surface area contributed by atoms with Crippen LogP contribution in [0.1, 0.15) is 16.8 Å². The number of carbonyl (C=O) groups excluding carboxylic acids is 1. The minimum atomic E-state index is -0.965. The van der Waals surface area contributed by atoms with Crippen LogP contribution in [0.4, 0.5) is 5.95 Å². The number of nitrogens with two attached hydrogens (primary N) is 1. The van der Waals surface area contributed by atoms with E-state index in [9.17, 15) is 9.59 Å². The van der Waals surface area contributed by atoms with Crippen molar-refractivity contribution in [2.75, 3.05) is 12.3 Å². The number of carboxylic acids is 1. The summed E-state index contributed by atoms with van der Waals surface area (Å²) in [5.41, 5.74) is 6.20. The Kier molecular flexibility index (Phi) is 6.15. The molecule has 0 saturated heterocycles. The van der Waals surface area contributed by atoms with Crippen molar-refractivity contribution in [3.05, 3.63) is 53.2 Å². The first-order valence-corrected chi connectivity index (χ1v) is 7.80. The monoisotopic (exact) mass is 356 g/mol. The minimum absolute atomic E-state index is 0.0733. The van der Waals surface area contributed by atoms with Crippen LogP contribution in [0.25, 0.3) is 12.3 Å². The van der Waals surface area contributed by atoms with E-state index in [1.165, 1.54) is 6.26 Å². The van der Waals surface area contributed by atoms with Crippen LogP contribution in [0, 0.1) is 0 Å². The van der Waals surface area contributed by atoms with Crippen molar-refractivity contribution in [1.82, 2.24) is 14.9 Å². The number of nitrogen functional groups attached to an aromatic ring is 1. The average Bonchev–Trinajstić information content (AvgIpc) is 2.88. The Morgan fingerprint density at radius 2 is 2.08 bits per heavy atom. The average molecular weight is 356 g/mol. The third-order valence-corrected chi connectivity index (χ3v) is 3.53. The molecule has 0 aliphatic carbocycles. The van der Waals surface area contributed by atoms with Crippen molar-refractivity contribution in [2.24, 2.45) is 7.05 Å². The van der Waals surface area contributed by atoms with Crippen LogP contribution in [-0.2, 0) is 11.8 Å². The lowest BCUT2D eigenvalue weighted by Crippen LogP contribution is -2.29. The van der Waals surface area contributed by atoms with Gasteiger partial charge in [0, 0.05) is 19.2 Å². The molecule has 0 fully saturated rings. The summed E-state index contributed by atoms with van der Waals surface area (Å²) in [4.78, 5) is 26.5. The summed E-state index contributed by atoms with van der Waals surface area (Å²) in [7, 11) is 1.78. The molecule has 0 radical (unpaired) electrons. The van der Waals surface area contributed by atoms with Gasteiger partial charge in [-0.3, -0.25) is 9.59 Å². The van der Waals surface area contributed by atoms with E-state index in [0.717, 1.165) is 5.35 Å². The first kappa shape index (κ1) is 18.8. The van der Waals surface area contributed by atoms with Crippen LogP contribution in [0.5, 0.6) is 5.75 Å². The van der Waals surface area contributed by atoms with Crippen molar-refractivity contribution in [2.45, 2.75) is 6.42 Å². The second kappa shape index (κ2) is 8.52. The smallest absolute Gasteiger partial charge is 0.305 e. The lowest BCUT2D eigenvalue weighted by Gasteiger charge is -2.04. The van der Waals surface area contributed by atoms with Gasteiger partial charge in [-0.2, -0.15) is 0 Å². The van der Waals surface area contributed by atoms with E-state index in [4.69, 9.17) is 15.6 Å². The Hall–Kier alpha value is -3.55. The van der Waals surface area contributed by atoms with E-state index >= 15 is 0 Å². The number of amides is 1. The number of imidazole rings is 1. The number of carboxylic acid groups (broad SMARTS) is 1. The van der Waals surface area contributed by atoms with E-state index in [1.54, 1.807) is 48.0 Å². The molecule has 136 valence electrons. The zero-order valence-electron chi connectivity index (χ0n) is 14.3. The number of aliphatic carboxylic acids is 1. The van der Waals surface area contributed by atoms with Gasteiger partial charge in [-0.15, -0.1) is 0 Å². The van der Waals surface area contributed by atoms with Gasteiger partial charge in [0.05, 0.1) is 11.8 Å². The molecular formula is C18H20N4O4. The summed E-state index contributed by atoms with van der Waals surface area (Å²) in [5.74, 6) is -0.447. The SMILES string of the molecule is C=CC=c1/c(=C/Oc2ccc(C(=O)NCCC(=O)O)cc2)nc(N)n1C. The topological polar surface area (TPSA) is 119 Å². The summed E-state index contributed by atoms with van der Waals surface area (Å²) in [5, 5.41) is 12.4. The molecular weight excluding hydrogens is 336 g/mol. The van der Waals surface area contributed by atoms with Gasteiger partial charge in [0.2, 0.25) is 5.95 Å². The Morgan fingerprint density at radius 3 is 2.69 bits per heavy atom. The normalized spacial score (nSPS) is 12.0. The number of anilines is 1. The quantitative estimate of drug-likeness (QED) is 0.642. The molecule has 0 aliphatic heterocycles. The maximum atomic E-state index is 11.9. The molecule has 1 aromatic heterocycles. The molecule has 0 bridgehead atoms. The summed E-state index contributed by atoms with van der Waals surface area (Å²) >= 11 is 0. The fourth-order valence-electron chi connectivity index (χ4n) is 2.14. The molecule has 4 N–H and O–H groups in total. The van der Waals surface area contributed by atoms with Crippen LogP contribution in [0.15, 0.2) is 36.9 Å². The lowest BCUT2D eigenvalue weighted by atomic mass is 10.2. The van der Waals surface area contributed by atoms with Crippen molar-refractivity contribution >= 4 is 30.2 Å². The standard InChI is InChI=1S/C18H20N4O4/c1-3-4-15-14(21-18(19)22(15)2)11-26-13-7-5-12(6-8-13)17(25)20-10-9-16(23)24/h3-8,11H,1,9-10H2,2H3,(H2,19,21)(H,20,25)(H,23,24)/b14-11-,15-4?. The molecule has 0 aliphatic rings. The summed E-state index contributed by atoms with van der Waals surface area (Å²) < 4.78 is 7.28. The molecule has 0 unspecified atom stereocenters. The lowest BCUT2D eigenvalue weighted by molar-refractivity contribution is -0.136. The summed E-state index contributed by atoms with van der Waals surface area (Å²) in [6.45, 7) is 3.73. The Labute approximate surface area is 149 Å². The Morgan fingerprint density at radius 1 is 1.38 bits per heavy atom. The first-order valence-electron chi connectivity index (χ1n) is 7.80. The number of carbonyl (C=O) groups is 2. The number of hydrogen-bond donors (Lipinski definition) is 3. The molecule has 0 atom stereocenters. The number of aromatic nitrogens is 2. The summed E-state index contributed by atoms with van der Waals surface area (Å²) in [6.07, 6.45) is 4.74. The largest absolute Gasteiger partial charge is 0.481 e. The van der Waals surface area contributed by atoms with Gasteiger partial charge < -0.3 is 25.5 Å². The van der Waals surface area contributed by atoms with E-state index < -0.39 is 5.97 Å². The fraction of sp³-hybridized carbons (Fsp3) is 0.167. The van der Waals surface area contributed by atoms with Gasteiger partial charge in [-0.05, 0) is 30.3 Å². The maximum Gasteiger partial charge on any atom is 0.305 e. The van der Waals surface area contributed by atoms with Crippen LogP contribution in [0.2, 0.25) is 0 Å². The van der Waals surface area contributed by atoms with Gasteiger partial charge in [0.1, 0.15) is 17.4 Å². The molecule has 2 rings (SSSR count). The first-order chi connectivity index (χ1) is 12.4. The van der Waals surface area contributed by atoms with Crippen LogP contribution in [0.3, 0.4) is 0 Å². The van der Waals surface area contributed by atoms with Gasteiger partial charge in [0.15, 0.2) is 0 Å². The highest BCUT2D eigenvalue weighted by molar-refractivity contribution is 5.94. The van der Waals surface area contributed by atoms with E-state index in [-0.39, 0.29) is 18.9 Å². The summed E-state index contributed by atoms with van der Waals surface area (Å²) in [6, 6.07) is 6.43. The van der Waals surface area contributed by atoms with Crippen molar-refractivity contribution in [1.29, 1.82) is 0 Å². The van der Waals surface area contributed by atoms with Gasteiger partial charge in [-0.25, -0.2) is 4.98 Å². The van der Waals surface area contributed by atoms with E-state index in [0.29, 0.717) is 22.6 Å². The van der Waals surface area contributed by atoms with E-state index in [1.807, 2.05) is 0 Å². The van der Waals surface area contributed by atoms with E-state index in [2.05, 4.69) is 16.9 Å². The van der Waals surface area contributed by atoms with Crippen LogP contribution >= 0.6 is 0 Å². The molecule has 1 heterocycles. The molecule has 1 aromatic carbocycles. The predicted molar refractivity (Wildman–Crippen MR) is 97.7 cm³/mol. The second-order valence-corrected chi connectivity index (χ2v) is 5.36. The third kappa shape index (κ3) is 4.73. The number of allylic oxidation sites excluding steroid dienone is 1. The maximum absolute atomic E-state index is 11.9. The van der Waals surface area contributed by atoms with Crippen LogP contribution in [-0.4, -0.2) is 33.1 Å². The molecule has 1 amide bonds. The van der Waals surface area contributed by atoms with Gasteiger partial charge in [-0.1, -0.05) is 12.7 Å². The Balaban J connectivity index is 2.10. The highest BCUT2D eigenvalue weighted by Gasteiger charge is 2.06. The molecule has 26 heavy (non-hydrogen) atoms. The highest BCUT2D eigenvalue weighted by atomic mass is 16.5. The molecule has 8 nitrogen and oxygen atoms in total. The van der Waals surface area contributed by atoms with Gasteiger partial charge >= 0.3 is 5.97 Å². The Bertz CT molecular complexity index is 929. The highest BCUT2D eigenvalue weighted by Crippen LogP contribution is 2.12. The van der Waals surface area contributed by atoms with Gasteiger partial charge in [0.25, 0.3) is 5.91 Å². The predicted octanol–water partition coefficient (Wildman–Crippen LogP) is -0.00970. The zero-order chi connectivity index (χ0) is 19.1. The molecule has 0 spiro atoms. The van der Waals surface area contributed by atoms with Crippen LogP contribution < -0.4 is 26.5 Å². The number of hydrogen-bond acceptors (Lipinski definition) is 5. The molecule has 0 saturated carbocycles.